The highest BCUT2D eigenvalue weighted by molar-refractivity contribution is 5.12. The van der Waals surface area contributed by atoms with Crippen molar-refractivity contribution in [1.29, 1.82) is 0 Å². The van der Waals surface area contributed by atoms with Crippen molar-refractivity contribution >= 4 is 0 Å². The second-order valence-corrected chi connectivity index (χ2v) is 5.27. The molecule has 1 aliphatic heterocycles. The van der Waals surface area contributed by atoms with Gasteiger partial charge in [0.1, 0.15) is 0 Å². The Bertz CT molecular complexity index is 287. The largest absolute Gasteiger partial charge is 0.412 e. The van der Waals surface area contributed by atoms with Gasteiger partial charge in [0.05, 0.1) is 0 Å². The topological polar surface area (TPSA) is 29.3 Å². The number of hydrogen-bond donors (Lipinski definition) is 1. The fourth-order valence-corrected chi connectivity index (χ4v) is 2.56. The fourth-order valence-electron chi connectivity index (χ4n) is 2.56. The van der Waals surface area contributed by atoms with Gasteiger partial charge in [0.25, 0.3) is 0 Å². The molecule has 2 nitrogen and oxygen atoms in total. The number of nitrogens with two attached hydrogens (primary N) is 1. The van der Waals surface area contributed by atoms with E-state index in [4.69, 9.17) is 5.73 Å². The molecule has 0 spiro atoms. The van der Waals surface area contributed by atoms with Crippen molar-refractivity contribution in [1.82, 2.24) is 4.90 Å². The van der Waals surface area contributed by atoms with E-state index in [1.807, 2.05) is 0 Å². The molecule has 112 valence electrons. The minimum Gasteiger partial charge on any atom is -0.330 e. The Morgan fingerprint density at radius 1 is 1.37 bits per heavy atom. The van der Waals surface area contributed by atoms with Crippen LogP contribution in [0.2, 0.25) is 0 Å². The first kappa shape index (κ1) is 16.5. The Labute approximate surface area is 113 Å². The molecule has 0 saturated carbocycles. The number of hydrogen-bond acceptors (Lipinski definition) is 2. The van der Waals surface area contributed by atoms with Gasteiger partial charge in [-0.05, 0) is 44.7 Å². The summed E-state index contributed by atoms with van der Waals surface area (Å²) in [7, 11) is 0. The molecule has 1 aliphatic rings. The van der Waals surface area contributed by atoms with Crippen LogP contribution in [0.3, 0.4) is 0 Å². The van der Waals surface area contributed by atoms with Crippen molar-refractivity contribution in [2.45, 2.75) is 45.2 Å². The minimum atomic E-state index is -4.14. The molecule has 0 amide bonds. The molecular formula is C14H25F3N2. The molecular weight excluding hydrogens is 253 g/mol. The molecule has 5 heteroatoms. The molecule has 0 aliphatic carbocycles. The lowest BCUT2D eigenvalue weighted by Gasteiger charge is -2.27. The summed E-state index contributed by atoms with van der Waals surface area (Å²) >= 11 is 0. The van der Waals surface area contributed by atoms with Gasteiger partial charge in [-0.1, -0.05) is 19.4 Å². The normalized spacial score (nSPS) is 19.3. The van der Waals surface area contributed by atoms with E-state index in [9.17, 15) is 13.2 Å². The van der Waals surface area contributed by atoms with E-state index in [0.717, 1.165) is 38.8 Å². The predicted molar refractivity (Wildman–Crippen MR) is 71.9 cm³/mol. The summed E-state index contributed by atoms with van der Waals surface area (Å²) < 4.78 is 37.4. The SMILES string of the molecule is CCC(CCN)CCCN1CC=C(C(F)(F)F)CC1. The van der Waals surface area contributed by atoms with Gasteiger partial charge in [-0.15, -0.1) is 0 Å². The molecule has 0 bridgehead atoms. The highest BCUT2D eigenvalue weighted by Gasteiger charge is 2.34. The van der Waals surface area contributed by atoms with Crippen molar-refractivity contribution in [2.75, 3.05) is 26.2 Å². The van der Waals surface area contributed by atoms with Crippen LogP contribution in [-0.2, 0) is 0 Å². The van der Waals surface area contributed by atoms with E-state index >= 15 is 0 Å². The van der Waals surface area contributed by atoms with Crippen LogP contribution in [0, 0.1) is 5.92 Å². The van der Waals surface area contributed by atoms with E-state index < -0.39 is 6.18 Å². The maximum atomic E-state index is 12.5. The van der Waals surface area contributed by atoms with E-state index in [1.165, 1.54) is 6.08 Å². The van der Waals surface area contributed by atoms with Crippen LogP contribution in [0.1, 0.15) is 39.0 Å². The first-order chi connectivity index (χ1) is 8.97. The number of nitrogens with zero attached hydrogens (tertiary/aromatic N) is 1. The summed E-state index contributed by atoms with van der Waals surface area (Å²) in [6, 6.07) is 0. The van der Waals surface area contributed by atoms with Crippen LogP contribution in [0.25, 0.3) is 0 Å². The maximum Gasteiger partial charge on any atom is 0.412 e. The molecule has 1 rings (SSSR count). The Kier molecular flexibility index (Phi) is 6.86. The monoisotopic (exact) mass is 278 g/mol. The Balaban J connectivity index is 2.24. The van der Waals surface area contributed by atoms with Crippen molar-refractivity contribution in [3.8, 4) is 0 Å². The van der Waals surface area contributed by atoms with Gasteiger partial charge < -0.3 is 5.73 Å². The van der Waals surface area contributed by atoms with Gasteiger partial charge in [0, 0.05) is 18.7 Å². The van der Waals surface area contributed by atoms with Crippen molar-refractivity contribution in [2.24, 2.45) is 11.7 Å². The lowest BCUT2D eigenvalue weighted by Crippen LogP contribution is -2.32. The maximum absolute atomic E-state index is 12.5. The van der Waals surface area contributed by atoms with Crippen molar-refractivity contribution in [3.63, 3.8) is 0 Å². The minimum absolute atomic E-state index is 0.128. The first-order valence-corrected chi connectivity index (χ1v) is 7.16. The number of halogens is 3. The van der Waals surface area contributed by atoms with Gasteiger partial charge in [-0.25, -0.2) is 0 Å². The third-order valence-electron chi connectivity index (χ3n) is 3.90. The highest BCUT2D eigenvalue weighted by Crippen LogP contribution is 2.30. The van der Waals surface area contributed by atoms with Gasteiger partial charge in [0.15, 0.2) is 0 Å². The summed E-state index contributed by atoms with van der Waals surface area (Å²) in [4.78, 5) is 2.10. The second kappa shape index (κ2) is 7.90. The molecule has 0 fully saturated rings. The van der Waals surface area contributed by atoms with Gasteiger partial charge in [0.2, 0.25) is 0 Å². The van der Waals surface area contributed by atoms with Gasteiger partial charge >= 0.3 is 6.18 Å². The lowest BCUT2D eigenvalue weighted by atomic mass is 9.96. The standard InChI is InChI=1S/C14H25F3N2/c1-2-12(5-8-18)4-3-9-19-10-6-13(7-11-19)14(15,16)17/h6,12H,2-5,7-11,18H2,1H3. The molecule has 2 N–H and O–H groups in total. The molecule has 1 heterocycles. The Hall–Kier alpha value is -0.550. The summed E-state index contributed by atoms with van der Waals surface area (Å²) in [5, 5.41) is 0. The van der Waals surface area contributed by atoms with Crippen LogP contribution in [0.4, 0.5) is 13.2 Å². The second-order valence-electron chi connectivity index (χ2n) is 5.27. The molecule has 0 aromatic carbocycles. The van der Waals surface area contributed by atoms with Crippen LogP contribution < -0.4 is 5.73 Å². The average molecular weight is 278 g/mol. The predicted octanol–water partition coefficient (Wildman–Crippen LogP) is 3.34. The van der Waals surface area contributed by atoms with Gasteiger partial charge in [-0.2, -0.15) is 13.2 Å². The summed E-state index contributed by atoms with van der Waals surface area (Å²) in [5.74, 6) is 0.663. The third kappa shape index (κ3) is 5.95. The van der Waals surface area contributed by atoms with E-state index in [0.29, 0.717) is 19.0 Å². The molecule has 1 unspecified atom stereocenters. The summed E-state index contributed by atoms with van der Waals surface area (Å²) in [5.41, 5.74) is 5.19. The van der Waals surface area contributed by atoms with E-state index in [-0.39, 0.29) is 12.0 Å². The summed E-state index contributed by atoms with van der Waals surface area (Å²) in [6.07, 6.45) is 1.68. The zero-order chi connectivity index (χ0) is 14.3. The number of alkyl halides is 3. The molecule has 0 aromatic heterocycles. The fraction of sp³-hybridized carbons (Fsp3) is 0.857. The summed E-state index contributed by atoms with van der Waals surface area (Å²) in [6.45, 7) is 4.74. The van der Waals surface area contributed by atoms with E-state index in [1.54, 1.807) is 0 Å². The Morgan fingerprint density at radius 2 is 2.11 bits per heavy atom. The van der Waals surface area contributed by atoms with Crippen LogP contribution in [0.15, 0.2) is 11.6 Å². The van der Waals surface area contributed by atoms with Crippen molar-refractivity contribution < 1.29 is 13.2 Å². The van der Waals surface area contributed by atoms with Gasteiger partial charge in [-0.3, -0.25) is 4.90 Å². The molecule has 0 aromatic rings. The van der Waals surface area contributed by atoms with Crippen LogP contribution >= 0.6 is 0 Å². The highest BCUT2D eigenvalue weighted by atomic mass is 19.4. The number of rotatable bonds is 7. The smallest absolute Gasteiger partial charge is 0.330 e. The zero-order valence-electron chi connectivity index (χ0n) is 11.7. The van der Waals surface area contributed by atoms with Crippen LogP contribution in [-0.4, -0.2) is 37.3 Å². The van der Waals surface area contributed by atoms with Crippen molar-refractivity contribution in [3.05, 3.63) is 11.6 Å². The average Bonchev–Trinajstić information content (AvgIpc) is 2.37. The lowest BCUT2D eigenvalue weighted by molar-refractivity contribution is -0.0960. The Morgan fingerprint density at radius 3 is 2.58 bits per heavy atom. The third-order valence-corrected chi connectivity index (χ3v) is 3.90. The quantitative estimate of drug-likeness (QED) is 0.724. The van der Waals surface area contributed by atoms with Crippen LogP contribution in [0.5, 0.6) is 0 Å². The molecule has 19 heavy (non-hydrogen) atoms. The van der Waals surface area contributed by atoms with E-state index in [2.05, 4.69) is 11.8 Å². The zero-order valence-corrected chi connectivity index (χ0v) is 11.7. The first-order valence-electron chi connectivity index (χ1n) is 7.16. The molecule has 1 atom stereocenters. The molecule has 0 radical (unpaired) electrons. The molecule has 0 saturated heterocycles.